The van der Waals surface area contributed by atoms with E-state index in [1.54, 1.807) is 6.08 Å². The molecule has 0 atom stereocenters. The van der Waals surface area contributed by atoms with Crippen LogP contribution in [0.1, 0.15) is 44.6 Å². The fourth-order valence-corrected chi connectivity index (χ4v) is 4.14. The average Bonchev–Trinajstić information content (AvgIpc) is 2.64. The molecule has 5 nitrogen and oxygen atoms in total. The summed E-state index contributed by atoms with van der Waals surface area (Å²) in [5, 5.41) is 4.22. The highest BCUT2D eigenvalue weighted by molar-refractivity contribution is 7.92. The van der Waals surface area contributed by atoms with Gasteiger partial charge in [-0.15, -0.1) is 0 Å². The zero-order valence-corrected chi connectivity index (χ0v) is 15.7. The molecule has 1 aromatic carbocycles. The first kappa shape index (κ1) is 19.7. The smallest absolute Gasteiger partial charge is 0.236 e. The predicted molar refractivity (Wildman–Crippen MR) is 101 cm³/mol. The molecule has 1 N–H and O–H groups in total. The van der Waals surface area contributed by atoms with Gasteiger partial charge < -0.3 is 5.32 Å². The molecule has 1 heterocycles. The average molecular weight is 365 g/mol. The summed E-state index contributed by atoms with van der Waals surface area (Å²) in [5.74, 6) is -0.0147. The lowest BCUT2D eigenvalue weighted by Crippen LogP contribution is -2.42. The Labute approximate surface area is 151 Å². The molecule has 138 valence electrons. The third-order valence-corrected chi connectivity index (χ3v) is 6.06. The molecular weight excluding hydrogens is 336 g/mol. The maximum absolute atomic E-state index is 12.4. The number of hydrogen-bond acceptors (Lipinski definition) is 3. The molecule has 0 radical (unpaired) electrons. The van der Waals surface area contributed by atoms with Crippen molar-refractivity contribution in [3.8, 4) is 0 Å². The number of unbranched alkanes of at least 4 members (excludes halogenated alkanes) is 2. The van der Waals surface area contributed by atoms with E-state index in [1.807, 2.05) is 30.3 Å². The van der Waals surface area contributed by atoms with E-state index in [0.29, 0.717) is 32.5 Å². The lowest BCUT2D eigenvalue weighted by Gasteiger charge is -2.29. The molecule has 1 saturated heterocycles. The first-order valence-electron chi connectivity index (χ1n) is 9.04. The first-order valence-corrected chi connectivity index (χ1v) is 10.5. The maximum Gasteiger partial charge on any atom is 0.236 e. The highest BCUT2D eigenvalue weighted by Gasteiger charge is 2.29. The second kappa shape index (κ2) is 9.73. The minimum absolute atomic E-state index is 0.0629. The van der Waals surface area contributed by atoms with Gasteiger partial charge >= 0.3 is 0 Å². The van der Waals surface area contributed by atoms with Gasteiger partial charge in [-0.25, -0.2) is 8.42 Å². The molecular formula is C19H28N2O3S. The second-order valence-corrected chi connectivity index (χ2v) is 8.25. The minimum Gasteiger partial charge on any atom is -0.356 e. The van der Waals surface area contributed by atoms with Crippen LogP contribution < -0.4 is 5.32 Å². The Bertz CT molecular complexity index is 663. The number of hydrogen-bond donors (Lipinski definition) is 1. The van der Waals surface area contributed by atoms with E-state index in [2.05, 4.69) is 12.2 Å². The molecule has 0 unspecified atom stereocenters. The zero-order chi connectivity index (χ0) is 18.1. The van der Waals surface area contributed by atoms with Crippen molar-refractivity contribution in [1.29, 1.82) is 0 Å². The quantitative estimate of drug-likeness (QED) is 0.721. The Balaban J connectivity index is 1.82. The summed E-state index contributed by atoms with van der Waals surface area (Å²) in [7, 11) is -3.43. The van der Waals surface area contributed by atoms with E-state index in [-0.39, 0.29) is 11.8 Å². The van der Waals surface area contributed by atoms with Crippen LogP contribution in [0.2, 0.25) is 0 Å². The van der Waals surface area contributed by atoms with Crippen molar-refractivity contribution in [2.75, 3.05) is 19.6 Å². The fraction of sp³-hybridized carbons (Fsp3) is 0.526. The summed E-state index contributed by atoms with van der Waals surface area (Å²) in [6, 6.07) is 9.36. The molecule has 1 aliphatic heterocycles. The molecule has 1 amide bonds. The molecule has 25 heavy (non-hydrogen) atoms. The van der Waals surface area contributed by atoms with Crippen LogP contribution in [0.15, 0.2) is 35.7 Å². The number of benzene rings is 1. The molecule has 0 saturated carbocycles. The van der Waals surface area contributed by atoms with Crippen LogP contribution in [0.5, 0.6) is 0 Å². The third kappa shape index (κ3) is 6.29. The van der Waals surface area contributed by atoms with E-state index in [9.17, 15) is 13.2 Å². The van der Waals surface area contributed by atoms with Crippen molar-refractivity contribution in [2.24, 2.45) is 5.92 Å². The molecule has 0 bridgehead atoms. The number of rotatable bonds is 8. The summed E-state index contributed by atoms with van der Waals surface area (Å²) >= 11 is 0. The molecule has 2 rings (SSSR count). The predicted octanol–water partition coefficient (Wildman–Crippen LogP) is 3.01. The Hall–Kier alpha value is -1.66. The highest BCUT2D eigenvalue weighted by atomic mass is 32.2. The van der Waals surface area contributed by atoms with Gasteiger partial charge in [-0.2, -0.15) is 4.31 Å². The fourth-order valence-electron chi connectivity index (χ4n) is 2.92. The monoisotopic (exact) mass is 364 g/mol. The van der Waals surface area contributed by atoms with Crippen LogP contribution in [0.4, 0.5) is 0 Å². The van der Waals surface area contributed by atoms with Crippen LogP contribution >= 0.6 is 0 Å². The van der Waals surface area contributed by atoms with Crippen LogP contribution in [-0.2, 0) is 14.8 Å². The Morgan fingerprint density at radius 2 is 1.88 bits per heavy atom. The normalized spacial score (nSPS) is 17.0. The summed E-state index contributed by atoms with van der Waals surface area (Å²) in [5.41, 5.74) is 0.854. The Kier molecular flexibility index (Phi) is 7.65. The number of carbonyl (C=O) groups is 1. The number of nitrogens with one attached hydrogen (secondary N) is 1. The van der Waals surface area contributed by atoms with Gasteiger partial charge in [0, 0.05) is 31.0 Å². The van der Waals surface area contributed by atoms with Gasteiger partial charge in [0.05, 0.1) is 0 Å². The van der Waals surface area contributed by atoms with Gasteiger partial charge in [0.25, 0.3) is 0 Å². The van der Waals surface area contributed by atoms with Gasteiger partial charge in [-0.3, -0.25) is 4.79 Å². The van der Waals surface area contributed by atoms with Gasteiger partial charge in [0.2, 0.25) is 15.9 Å². The van der Waals surface area contributed by atoms with Crippen molar-refractivity contribution in [3.05, 3.63) is 41.3 Å². The summed E-state index contributed by atoms with van der Waals surface area (Å²) in [4.78, 5) is 12.1. The molecule has 0 aromatic heterocycles. The largest absolute Gasteiger partial charge is 0.356 e. The van der Waals surface area contributed by atoms with Crippen molar-refractivity contribution < 1.29 is 13.2 Å². The van der Waals surface area contributed by atoms with E-state index in [4.69, 9.17) is 0 Å². The van der Waals surface area contributed by atoms with Crippen molar-refractivity contribution in [2.45, 2.75) is 39.0 Å². The van der Waals surface area contributed by atoms with Gasteiger partial charge in [0.1, 0.15) is 0 Å². The van der Waals surface area contributed by atoms with E-state index >= 15 is 0 Å². The van der Waals surface area contributed by atoms with Crippen LogP contribution in [-0.4, -0.2) is 38.3 Å². The standard InChI is InChI=1S/C19H28N2O3S/c1-2-3-7-13-20-19(22)18-10-14-21(15-11-18)25(23,24)16-12-17-8-5-4-6-9-17/h4-6,8-9,12,16,18H,2-3,7,10-11,13-15H2,1H3,(H,20,22). The van der Waals surface area contributed by atoms with Gasteiger partial charge in [-0.05, 0) is 30.9 Å². The SMILES string of the molecule is CCCCCNC(=O)C1CCN(S(=O)(=O)C=Cc2ccccc2)CC1. The van der Waals surface area contributed by atoms with E-state index in [0.717, 1.165) is 24.8 Å². The Morgan fingerprint density at radius 3 is 2.52 bits per heavy atom. The molecule has 0 aliphatic carbocycles. The molecule has 1 aromatic rings. The van der Waals surface area contributed by atoms with Crippen LogP contribution in [0.3, 0.4) is 0 Å². The molecule has 1 fully saturated rings. The van der Waals surface area contributed by atoms with Crippen LogP contribution in [0, 0.1) is 5.92 Å². The number of amides is 1. The third-order valence-electron chi connectivity index (χ3n) is 4.50. The zero-order valence-electron chi connectivity index (χ0n) is 14.9. The van der Waals surface area contributed by atoms with Crippen molar-refractivity contribution in [1.82, 2.24) is 9.62 Å². The van der Waals surface area contributed by atoms with Crippen molar-refractivity contribution in [3.63, 3.8) is 0 Å². The number of piperidine rings is 1. The minimum atomic E-state index is -3.43. The Morgan fingerprint density at radius 1 is 1.20 bits per heavy atom. The highest BCUT2D eigenvalue weighted by Crippen LogP contribution is 2.21. The topological polar surface area (TPSA) is 66.5 Å². The first-order chi connectivity index (χ1) is 12.0. The summed E-state index contributed by atoms with van der Waals surface area (Å²) in [6.07, 6.45) is 6.02. The maximum atomic E-state index is 12.4. The van der Waals surface area contributed by atoms with Crippen molar-refractivity contribution >= 4 is 22.0 Å². The van der Waals surface area contributed by atoms with Gasteiger partial charge in [0.15, 0.2) is 0 Å². The number of carbonyl (C=O) groups excluding carboxylic acids is 1. The summed E-state index contributed by atoms with van der Waals surface area (Å²) in [6.45, 7) is 3.64. The lowest BCUT2D eigenvalue weighted by molar-refractivity contribution is -0.126. The van der Waals surface area contributed by atoms with E-state index < -0.39 is 10.0 Å². The van der Waals surface area contributed by atoms with E-state index in [1.165, 1.54) is 9.71 Å². The molecule has 0 spiro atoms. The van der Waals surface area contributed by atoms with Gasteiger partial charge in [-0.1, -0.05) is 50.1 Å². The molecule has 6 heteroatoms. The lowest BCUT2D eigenvalue weighted by atomic mass is 9.97. The number of sulfonamides is 1. The summed E-state index contributed by atoms with van der Waals surface area (Å²) < 4.78 is 26.3. The second-order valence-electron chi connectivity index (χ2n) is 6.43. The van der Waals surface area contributed by atoms with Crippen LogP contribution in [0.25, 0.3) is 6.08 Å². The number of nitrogens with zero attached hydrogens (tertiary/aromatic N) is 1. The molecule has 1 aliphatic rings.